The monoisotopic (exact) mass is 236 g/mol. The molecule has 0 spiro atoms. The third-order valence-corrected chi connectivity index (χ3v) is 2.30. The van der Waals surface area contributed by atoms with Crippen LogP contribution in [0.3, 0.4) is 0 Å². The van der Waals surface area contributed by atoms with Crippen molar-refractivity contribution in [2.75, 3.05) is 0 Å². The third kappa shape index (κ3) is 4.20. The second-order valence-electron chi connectivity index (χ2n) is 3.79. The second-order valence-corrected chi connectivity index (χ2v) is 3.79. The number of primary amides is 1. The highest BCUT2D eigenvalue weighted by Gasteiger charge is 2.18. The molecule has 0 saturated heterocycles. The van der Waals surface area contributed by atoms with Crippen molar-refractivity contribution < 1.29 is 9.59 Å². The Kier molecular flexibility index (Phi) is 4.59. The molecule has 0 bridgehead atoms. The maximum atomic E-state index is 11.6. The van der Waals surface area contributed by atoms with Gasteiger partial charge < -0.3 is 16.8 Å². The quantitative estimate of drug-likeness (QED) is 0.637. The Morgan fingerprint density at radius 1 is 1.53 bits per heavy atom. The highest BCUT2D eigenvalue weighted by atomic mass is 16.2. The van der Waals surface area contributed by atoms with Gasteiger partial charge in [0.1, 0.15) is 0 Å². The van der Waals surface area contributed by atoms with Gasteiger partial charge >= 0.3 is 0 Å². The van der Waals surface area contributed by atoms with E-state index < -0.39 is 17.9 Å². The minimum absolute atomic E-state index is 0.161. The van der Waals surface area contributed by atoms with Gasteiger partial charge in [0.2, 0.25) is 11.8 Å². The van der Waals surface area contributed by atoms with Crippen molar-refractivity contribution in [3.05, 3.63) is 30.1 Å². The van der Waals surface area contributed by atoms with Crippen LogP contribution in [0, 0.1) is 0 Å². The number of nitrogens with zero attached hydrogens (tertiary/aromatic N) is 1. The van der Waals surface area contributed by atoms with Crippen LogP contribution in [0.5, 0.6) is 0 Å². The number of nitrogens with two attached hydrogens (primary N) is 2. The van der Waals surface area contributed by atoms with Crippen LogP contribution in [-0.4, -0.2) is 22.8 Å². The van der Waals surface area contributed by atoms with E-state index in [1.165, 1.54) is 0 Å². The van der Waals surface area contributed by atoms with Gasteiger partial charge in [0, 0.05) is 12.4 Å². The molecule has 1 heterocycles. The number of pyridine rings is 1. The lowest BCUT2D eigenvalue weighted by molar-refractivity contribution is -0.126. The first kappa shape index (κ1) is 13.1. The predicted octanol–water partition coefficient (Wildman–Crippen LogP) is -0.538. The van der Waals surface area contributed by atoms with Crippen molar-refractivity contribution in [1.82, 2.24) is 10.3 Å². The van der Waals surface area contributed by atoms with E-state index in [2.05, 4.69) is 10.3 Å². The fourth-order valence-corrected chi connectivity index (χ4v) is 1.35. The van der Waals surface area contributed by atoms with Crippen molar-refractivity contribution in [1.29, 1.82) is 0 Å². The molecular weight excluding hydrogens is 220 g/mol. The number of aromatic nitrogens is 1. The van der Waals surface area contributed by atoms with Crippen LogP contribution in [0.4, 0.5) is 0 Å². The molecular formula is C11H16N4O2. The summed E-state index contributed by atoms with van der Waals surface area (Å²) < 4.78 is 0. The molecule has 2 atom stereocenters. The molecule has 17 heavy (non-hydrogen) atoms. The molecule has 0 saturated carbocycles. The number of rotatable bonds is 5. The maximum Gasteiger partial charge on any atom is 0.237 e. The van der Waals surface area contributed by atoms with Crippen LogP contribution in [0.15, 0.2) is 24.5 Å². The van der Waals surface area contributed by atoms with Gasteiger partial charge in [-0.2, -0.15) is 0 Å². The van der Waals surface area contributed by atoms with Gasteiger partial charge in [-0.3, -0.25) is 14.6 Å². The van der Waals surface area contributed by atoms with Crippen molar-refractivity contribution in [3.8, 4) is 0 Å². The standard InChI is InChI=1S/C11H16N4O2/c1-7(8-3-2-4-14-6-8)15-11(17)9(12)5-10(13)16/h2-4,6-7,9H,5,12H2,1H3,(H2,13,16)(H,15,17)/t7-,9+/m0/s1. The highest BCUT2D eigenvalue weighted by Crippen LogP contribution is 2.09. The summed E-state index contributed by atoms with van der Waals surface area (Å²) in [5.74, 6) is -0.998. The Bertz CT molecular complexity index is 394. The van der Waals surface area contributed by atoms with E-state index in [-0.39, 0.29) is 12.5 Å². The van der Waals surface area contributed by atoms with Gasteiger partial charge in [0.15, 0.2) is 0 Å². The first-order chi connectivity index (χ1) is 8.00. The summed E-state index contributed by atoms with van der Waals surface area (Å²) in [5.41, 5.74) is 11.3. The number of hydrogen-bond donors (Lipinski definition) is 3. The van der Waals surface area contributed by atoms with Crippen LogP contribution < -0.4 is 16.8 Å². The molecule has 0 aliphatic carbocycles. The number of carbonyl (C=O) groups excluding carboxylic acids is 2. The van der Waals surface area contributed by atoms with Crippen molar-refractivity contribution >= 4 is 11.8 Å². The van der Waals surface area contributed by atoms with Crippen LogP contribution in [0.25, 0.3) is 0 Å². The van der Waals surface area contributed by atoms with E-state index in [9.17, 15) is 9.59 Å². The number of nitrogens with one attached hydrogen (secondary N) is 1. The molecule has 0 fully saturated rings. The summed E-state index contributed by atoms with van der Waals surface area (Å²) in [4.78, 5) is 26.2. The zero-order valence-corrected chi connectivity index (χ0v) is 9.59. The first-order valence-electron chi connectivity index (χ1n) is 5.25. The Labute approximate surface area is 99.4 Å². The van der Waals surface area contributed by atoms with Gasteiger partial charge in [0.05, 0.1) is 18.5 Å². The average Bonchev–Trinajstić information content (AvgIpc) is 2.29. The molecule has 6 nitrogen and oxygen atoms in total. The van der Waals surface area contributed by atoms with E-state index in [0.29, 0.717) is 0 Å². The van der Waals surface area contributed by atoms with E-state index >= 15 is 0 Å². The van der Waals surface area contributed by atoms with Crippen molar-refractivity contribution in [2.45, 2.75) is 25.4 Å². The molecule has 0 aliphatic rings. The van der Waals surface area contributed by atoms with Crippen LogP contribution in [0.1, 0.15) is 24.9 Å². The van der Waals surface area contributed by atoms with Crippen LogP contribution in [0.2, 0.25) is 0 Å². The lowest BCUT2D eigenvalue weighted by Gasteiger charge is -2.16. The van der Waals surface area contributed by atoms with Gasteiger partial charge in [-0.05, 0) is 18.6 Å². The van der Waals surface area contributed by atoms with Crippen molar-refractivity contribution in [2.24, 2.45) is 11.5 Å². The minimum Gasteiger partial charge on any atom is -0.370 e. The molecule has 0 radical (unpaired) electrons. The Morgan fingerprint density at radius 3 is 2.76 bits per heavy atom. The predicted molar refractivity (Wildman–Crippen MR) is 62.6 cm³/mol. The molecule has 92 valence electrons. The highest BCUT2D eigenvalue weighted by molar-refractivity contribution is 5.87. The van der Waals surface area contributed by atoms with Gasteiger partial charge in [0.25, 0.3) is 0 Å². The zero-order valence-electron chi connectivity index (χ0n) is 9.59. The van der Waals surface area contributed by atoms with E-state index in [1.54, 1.807) is 18.5 Å². The molecule has 0 aromatic carbocycles. The minimum atomic E-state index is -0.911. The normalized spacial score (nSPS) is 13.8. The van der Waals surface area contributed by atoms with Gasteiger partial charge in [-0.25, -0.2) is 0 Å². The fraction of sp³-hybridized carbons (Fsp3) is 0.364. The number of carbonyl (C=O) groups is 2. The molecule has 2 amide bonds. The summed E-state index contributed by atoms with van der Waals surface area (Å²) in [6.45, 7) is 1.81. The Morgan fingerprint density at radius 2 is 2.24 bits per heavy atom. The van der Waals surface area contributed by atoms with Crippen LogP contribution >= 0.6 is 0 Å². The smallest absolute Gasteiger partial charge is 0.237 e. The first-order valence-corrected chi connectivity index (χ1v) is 5.25. The topological polar surface area (TPSA) is 111 Å². The fourth-order valence-electron chi connectivity index (χ4n) is 1.35. The lowest BCUT2D eigenvalue weighted by Crippen LogP contribution is -2.43. The molecule has 1 aromatic heterocycles. The Balaban J connectivity index is 2.54. The largest absolute Gasteiger partial charge is 0.370 e. The summed E-state index contributed by atoms with van der Waals surface area (Å²) in [6.07, 6.45) is 3.15. The average molecular weight is 236 g/mol. The van der Waals surface area contributed by atoms with E-state index in [1.807, 2.05) is 13.0 Å². The summed E-state index contributed by atoms with van der Waals surface area (Å²) in [6, 6.07) is 2.50. The number of amides is 2. The van der Waals surface area contributed by atoms with Gasteiger partial charge in [-0.15, -0.1) is 0 Å². The molecule has 0 unspecified atom stereocenters. The molecule has 5 N–H and O–H groups in total. The molecule has 6 heteroatoms. The Hall–Kier alpha value is -1.95. The summed E-state index contributed by atoms with van der Waals surface area (Å²) in [7, 11) is 0. The maximum absolute atomic E-state index is 11.6. The van der Waals surface area contributed by atoms with Crippen LogP contribution in [-0.2, 0) is 9.59 Å². The number of hydrogen-bond acceptors (Lipinski definition) is 4. The third-order valence-electron chi connectivity index (χ3n) is 2.30. The molecule has 1 aromatic rings. The second kappa shape index (κ2) is 5.95. The van der Waals surface area contributed by atoms with Gasteiger partial charge in [-0.1, -0.05) is 6.07 Å². The summed E-state index contributed by atoms with van der Waals surface area (Å²) in [5, 5.41) is 2.69. The summed E-state index contributed by atoms with van der Waals surface area (Å²) >= 11 is 0. The molecule has 0 aliphatic heterocycles. The lowest BCUT2D eigenvalue weighted by atomic mass is 10.1. The van der Waals surface area contributed by atoms with Crippen molar-refractivity contribution in [3.63, 3.8) is 0 Å². The SMILES string of the molecule is C[C@H](NC(=O)[C@H](N)CC(N)=O)c1cccnc1. The van der Waals surface area contributed by atoms with E-state index in [0.717, 1.165) is 5.56 Å². The molecule has 1 rings (SSSR count). The zero-order chi connectivity index (χ0) is 12.8. The van der Waals surface area contributed by atoms with E-state index in [4.69, 9.17) is 11.5 Å².